The molecule has 0 aliphatic heterocycles. The van der Waals surface area contributed by atoms with Crippen LogP contribution in [0.5, 0.6) is 0 Å². The summed E-state index contributed by atoms with van der Waals surface area (Å²) in [4.78, 5) is 13.8. The first kappa shape index (κ1) is 15.5. The van der Waals surface area contributed by atoms with Crippen molar-refractivity contribution in [2.24, 2.45) is 5.92 Å². The molecule has 0 saturated heterocycles. The van der Waals surface area contributed by atoms with Gasteiger partial charge in [0, 0.05) is 16.3 Å². The minimum absolute atomic E-state index is 0.283. The van der Waals surface area contributed by atoms with E-state index in [1.165, 1.54) is 7.11 Å². The lowest BCUT2D eigenvalue weighted by Gasteiger charge is -2.18. The Morgan fingerprint density at radius 3 is 2.80 bits per heavy atom. The zero-order valence-corrected chi connectivity index (χ0v) is 13.2. The van der Waals surface area contributed by atoms with E-state index in [1.807, 2.05) is 19.1 Å². The van der Waals surface area contributed by atoms with Crippen LogP contribution in [-0.2, 0) is 26.1 Å². The third kappa shape index (κ3) is 3.39. The van der Waals surface area contributed by atoms with E-state index in [4.69, 9.17) is 4.74 Å². The Balaban J connectivity index is 2.04. The number of rotatable bonds is 5. The third-order valence-electron chi connectivity index (χ3n) is 3.60. The lowest BCUT2D eigenvalue weighted by Crippen LogP contribution is -2.39. The van der Waals surface area contributed by atoms with Crippen LogP contribution in [0.1, 0.15) is 29.0 Å². The second-order valence-corrected chi connectivity index (χ2v) is 8.33. The van der Waals surface area contributed by atoms with Crippen LogP contribution in [0.2, 0.25) is 0 Å². The number of hydrogen-bond acceptors (Lipinski definition) is 5. The van der Waals surface area contributed by atoms with Crippen molar-refractivity contribution < 1.29 is 17.9 Å². The molecule has 2 atom stereocenters. The van der Waals surface area contributed by atoms with Crippen LogP contribution in [0.15, 0.2) is 12.1 Å². The van der Waals surface area contributed by atoms with Gasteiger partial charge in [0.1, 0.15) is 0 Å². The van der Waals surface area contributed by atoms with Gasteiger partial charge < -0.3 is 4.74 Å². The number of aryl methyl sites for hydroxylation is 1. The van der Waals surface area contributed by atoms with Crippen molar-refractivity contribution in [1.29, 1.82) is 0 Å². The number of nitrogens with one attached hydrogen (secondary N) is 1. The molecule has 1 aromatic heterocycles. The topological polar surface area (TPSA) is 72.5 Å². The Kier molecular flexibility index (Phi) is 4.82. The van der Waals surface area contributed by atoms with Crippen LogP contribution in [0.4, 0.5) is 0 Å². The summed E-state index contributed by atoms with van der Waals surface area (Å²) in [6, 6.07) is 3.87. The molecule has 0 spiro atoms. The van der Waals surface area contributed by atoms with E-state index >= 15 is 0 Å². The van der Waals surface area contributed by atoms with Crippen molar-refractivity contribution in [2.75, 3.05) is 7.11 Å². The first-order chi connectivity index (χ1) is 9.44. The van der Waals surface area contributed by atoms with E-state index in [0.717, 1.165) is 16.2 Å². The van der Waals surface area contributed by atoms with Crippen LogP contribution in [0.25, 0.3) is 0 Å². The number of carbonyl (C=O) groups excluding carboxylic acids is 1. The molecule has 0 radical (unpaired) electrons. The molecule has 5 nitrogen and oxygen atoms in total. The molecule has 1 aliphatic rings. The molecular weight excluding hydrogens is 298 g/mol. The van der Waals surface area contributed by atoms with Crippen LogP contribution in [0, 0.1) is 12.8 Å². The molecule has 1 N–H and O–H groups in total. The second kappa shape index (κ2) is 6.24. The van der Waals surface area contributed by atoms with Crippen molar-refractivity contribution in [3.05, 3.63) is 21.9 Å². The van der Waals surface area contributed by atoms with Crippen molar-refractivity contribution >= 4 is 27.3 Å². The summed E-state index contributed by atoms with van der Waals surface area (Å²) < 4.78 is 32.0. The van der Waals surface area contributed by atoms with Crippen LogP contribution in [-0.4, -0.2) is 26.7 Å². The van der Waals surface area contributed by atoms with Crippen molar-refractivity contribution in [1.82, 2.24) is 4.72 Å². The minimum atomic E-state index is -3.50. The molecule has 7 heteroatoms. The maximum Gasteiger partial charge on any atom is 0.310 e. The normalized spacial score (nSPS) is 22.9. The average molecular weight is 317 g/mol. The van der Waals surface area contributed by atoms with Crippen LogP contribution < -0.4 is 4.72 Å². The molecule has 0 amide bonds. The lowest BCUT2D eigenvalue weighted by molar-refractivity contribution is -0.145. The molecule has 0 aromatic carbocycles. The van der Waals surface area contributed by atoms with E-state index in [0.29, 0.717) is 12.8 Å². The summed E-state index contributed by atoms with van der Waals surface area (Å²) in [6.07, 6.45) is 1.83. The Labute approximate surface area is 123 Å². The first-order valence-electron chi connectivity index (χ1n) is 6.55. The molecule has 112 valence electrons. The smallest absolute Gasteiger partial charge is 0.310 e. The van der Waals surface area contributed by atoms with E-state index in [9.17, 15) is 13.2 Å². The van der Waals surface area contributed by atoms with Gasteiger partial charge in [-0.2, -0.15) is 0 Å². The number of esters is 1. The third-order valence-corrected chi connectivity index (χ3v) is 6.51. The highest BCUT2D eigenvalue weighted by Gasteiger charge is 2.42. The van der Waals surface area contributed by atoms with Gasteiger partial charge in [-0.05, 0) is 31.9 Å². The summed E-state index contributed by atoms with van der Waals surface area (Å²) in [5.74, 6) is -0.965. The molecule has 2 rings (SSSR count). The summed E-state index contributed by atoms with van der Waals surface area (Å²) in [5.41, 5.74) is 0. The molecule has 2 unspecified atom stereocenters. The fraction of sp³-hybridized carbons (Fsp3) is 0.615. The van der Waals surface area contributed by atoms with Gasteiger partial charge in [-0.25, -0.2) is 13.1 Å². The first-order valence-corrected chi connectivity index (χ1v) is 8.92. The van der Waals surface area contributed by atoms with Crippen molar-refractivity contribution in [2.45, 2.75) is 38.0 Å². The van der Waals surface area contributed by atoms with Gasteiger partial charge in [0.2, 0.25) is 10.0 Å². The molecule has 1 aromatic rings. The quantitative estimate of drug-likeness (QED) is 0.841. The highest BCUT2D eigenvalue weighted by molar-refractivity contribution is 7.90. The fourth-order valence-corrected chi connectivity index (χ4v) is 5.23. The molecule has 0 bridgehead atoms. The largest absolute Gasteiger partial charge is 0.469 e. The highest BCUT2D eigenvalue weighted by atomic mass is 32.2. The standard InChI is InChI=1S/C13H19NO4S2/c1-9-6-7-10(19-9)8-14-20(16,17)12-5-3-4-11(12)13(15)18-2/h6-7,11-12,14H,3-5,8H2,1-2H3. The van der Waals surface area contributed by atoms with Crippen LogP contribution in [0.3, 0.4) is 0 Å². The predicted octanol–water partition coefficient (Wildman–Crippen LogP) is 1.82. The SMILES string of the molecule is COC(=O)C1CCCC1S(=O)(=O)NCc1ccc(C)s1. The highest BCUT2D eigenvalue weighted by Crippen LogP contribution is 2.31. The number of carbonyl (C=O) groups is 1. The monoisotopic (exact) mass is 317 g/mol. The molecule has 1 aliphatic carbocycles. The summed E-state index contributed by atoms with van der Waals surface area (Å²) in [6.45, 7) is 2.26. The maximum absolute atomic E-state index is 12.3. The number of methoxy groups -OCH3 is 1. The lowest BCUT2D eigenvalue weighted by atomic mass is 10.1. The Morgan fingerprint density at radius 1 is 1.45 bits per heavy atom. The Morgan fingerprint density at radius 2 is 2.20 bits per heavy atom. The van der Waals surface area contributed by atoms with Crippen LogP contribution >= 0.6 is 11.3 Å². The molecular formula is C13H19NO4S2. The summed E-state index contributed by atoms with van der Waals surface area (Å²) in [5, 5.41) is -0.670. The van der Waals surface area contributed by atoms with E-state index < -0.39 is 27.2 Å². The average Bonchev–Trinajstić information content (AvgIpc) is 3.04. The number of hydrogen-bond donors (Lipinski definition) is 1. The Bertz CT molecular complexity index is 579. The van der Waals surface area contributed by atoms with Crippen molar-refractivity contribution in [3.63, 3.8) is 0 Å². The fourth-order valence-electron chi connectivity index (χ4n) is 2.58. The minimum Gasteiger partial charge on any atom is -0.469 e. The zero-order chi connectivity index (χ0) is 14.8. The molecule has 1 fully saturated rings. The van der Waals surface area contributed by atoms with Gasteiger partial charge in [0.25, 0.3) is 0 Å². The van der Waals surface area contributed by atoms with Gasteiger partial charge in [-0.3, -0.25) is 4.79 Å². The van der Waals surface area contributed by atoms with Gasteiger partial charge in [-0.15, -0.1) is 11.3 Å². The summed E-state index contributed by atoms with van der Waals surface area (Å²) >= 11 is 1.56. The van der Waals surface area contributed by atoms with Gasteiger partial charge in [0.05, 0.1) is 18.3 Å². The number of thiophene rings is 1. The Hall–Kier alpha value is -0.920. The maximum atomic E-state index is 12.3. The summed E-state index contributed by atoms with van der Waals surface area (Å²) in [7, 11) is -2.20. The van der Waals surface area contributed by atoms with E-state index in [-0.39, 0.29) is 6.54 Å². The molecule has 1 heterocycles. The number of ether oxygens (including phenoxy) is 1. The van der Waals surface area contributed by atoms with Gasteiger partial charge in [-0.1, -0.05) is 6.42 Å². The van der Waals surface area contributed by atoms with Crippen molar-refractivity contribution in [3.8, 4) is 0 Å². The van der Waals surface area contributed by atoms with Gasteiger partial charge >= 0.3 is 5.97 Å². The molecule has 1 saturated carbocycles. The molecule has 20 heavy (non-hydrogen) atoms. The number of sulfonamides is 1. The van der Waals surface area contributed by atoms with E-state index in [2.05, 4.69) is 4.72 Å². The second-order valence-electron chi connectivity index (χ2n) is 4.98. The van der Waals surface area contributed by atoms with E-state index in [1.54, 1.807) is 11.3 Å². The predicted molar refractivity (Wildman–Crippen MR) is 78.0 cm³/mol. The van der Waals surface area contributed by atoms with Gasteiger partial charge in [0.15, 0.2) is 0 Å². The zero-order valence-electron chi connectivity index (χ0n) is 11.6.